The van der Waals surface area contributed by atoms with Gasteiger partial charge in [0, 0.05) is 18.3 Å². The van der Waals surface area contributed by atoms with Gasteiger partial charge in [-0.1, -0.05) is 13.8 Å². The van der Waals surface area contributed by atoms with Gasteiger partial charge in [0.25, 0.3) is 0 Å². The maximum Gasteiger partial charge on any atom is 0.328 e. The maximum atomic E-state index is 12.8. The van der Waals surface area contributed by atoms with Crippen LogP contribution in [0.5, 0.6) is 0 Å². The Morgan fingerprint density at radius 1 is 1.06 bits per heavy atom. The van der Waals surface area contributed by atoms with Gasteiger partial charge in [0.1, 0.15) is 24.2 Å². The van der Waals surface area contributed by atoms with Gasteiger partial charge in [0.05, 0.1) is 19.0 Å². The number of rotatable bonds is 12. The molecule has 0 aliphatic rings. The fraction of sp³-hybridized carbons (Fsp3) is 0.611. The number of aliphatic hydroxyl groups excluding tert-OH is 2. The van der Waals surface area contributed by atoms with Crippen molar-refractivity contribution >= 4 is 23.7 Å². The molecule has 9 N–H and O–H groups in total. The molecule has 0 saturated carbocycles. The zero-order valence-corrected chi connectivity index (χ0v) is 17.5. The third kappa shape index (κ3) is 7.96. The Morgan fingerprint density at radius 2 is 1.68 bits per heavy atom. The van der Waals surface area contributed by atoms with Gasteiger partial charge in [-0.05, 0) is 12.8 Å². The van der Waals surface area contributed by atoms with Crippen LogP contribution in [0.15, 0.2) is 12.5 Å². The minimum atomic E-state index is -1.56. The predicted octanol–water partition coefficient (Wildman–Crippen LogP) is -3.15. The predicted molar refractivity (Wildman–Crippen MR) is 107 cm³/mol. The molecule has 0 bridgehead atoms. The van der Waals surface area contributed by atoms with Gasteiger partial charge in [0.15, 0.2) is 0 Å². The molecular weight excluding hydrogens is 412 g/mol. The topological polar surface area (TPSA) is 220 Å². The number of nitrogens with two attached hydrogens (primary N) is 1. The molecule has 0 aliphatic heterocycles. The number of nitrogens with one attached hydrogen (secondary N) is 4. The highest BCUT2D eigenvalue weighted by Crippen LogP contribution is 2.06. The largest absolute Gasteiger partial charge is 0.480 e. The highest BCUT2D eigenvalue weighted by Gasteiger charge is 2.32. The second kappa shape index (κ2) is 12.0. The lowest BCUT2D eigenvalue weighted by atomic mass is 10.0. The van der Waals surface area contributed by atoms with E-state index in [-0.39, 0.29) is 6.42 Å². The SMILES string of the molecule is CC(C)C(NC(=O)C(N)C(C)O)C(=O)NC(Cc1cnc[nH]1)C(=O)NC(CO)C(=O)O. The molecule has 13 heteroatoms. The molecule has 3 amide bonds. The number of carbonyl (C=O) groups is 4. The van der Waals surface area contributed by atoms with Crippen LogP contribution in [0.2, 0.25) is 0 Å². The molecule has 0 aliphatic carbocycles. The molecular formula is C18H30N6O7. The highest BCUT2D eigenvalue weighted by molar-refractivity contribution is 5.94. The fourth-order valence-electron chi connectivity index (χ4n) is 2.55. The Bertz CT molecular complexity index is 753. The first-order valence-electron chi connectivity index (χ1n) is 9.63. The van der Waals surface area contributed by atoms with Crippen molar-refractivity contribution in [3.05, 3.63) is 18.2 Å². The third-order valence-electron chi connectivity index (χ3n) is 4.48. The number of H-pyrrole nitrogens is 1. The van der Waals surface area contributed by atoms with E-state index < -0.39 is 66.5 Å². The number of aliphatic carboxylic acids is 1. The van der Waals surface area contributed by atoms with Crippen LogP contribution in [0.1, 0.15) is 26.5 Å². The average Bonchev–Trinajstić information content (AvgIpc) is 3.20. The Kier molecular flexibility index (Phi) is 10.0. The molecule has 0 fully saturated rings. The van der Waals surface area contributed by atoms with Gasteiger partial charge in [-0.3, -0.25) is 14.4 Å². The first-order valence-corrected chi connectivity index (χ1v) is 9.63. The number of aliphatic hydroxyl groups is 2. The van der Waals surface area contributed by atoms with Crippen molar-refractivity contribution in [2.75, 3.05) is 6.61 Å². The number of amides is 3. The molecule has 0 radical (unpaired) electrons. The number of hydrogen-bond acceptors (Lipinski definition) is 8. The molecule has 13 nitrogen and oxygen atoms in total. The summed E-state index contributed by atoms with van der Waals surface area (Å²) in [4.78, 5) is 55.3. The summed E-state index contributed by atoms with van der Waals surface area (Å²) in [6.45, 7) is 3.82. The molecule has 1 aromatic heterocycles. The first-order chi connectivity index (χ1) is 14.5. The first kappa shape index (κ1) is 26.0. The quantitative estimate of drug-likeness (QED) is 0.163. The van der Waals surface area contributed by atoms with Crippen molar-refractivity contribution in [2.24, 2.45) is 11.7 Å². The van der Waals surface area contributed by atoms with Gasteiger partial charge in [-0.15, -0.1) is 0 Å². The van der Waals surface area contributed by atoms with Gasteiger partial charge < -0.3 is 42.0 Å². The third-order valence-corrected chi connectivity index (χ3v) is 4.48. The number of imidazole rings is 1. The number of nitrogens with zero attached hydrogens (tertiary/aromatic N) is 1. The Balaban J connectivity index is 3.00. The van der Waals surface area contributed by atoms with E-state index in [4.69, 9.17) is 15.9 Å². The molecule has 1 heterocycles. The van der Waals surface area contributed by atoms with E-state index in [2.05, 4.69) is 25.9 Å². The van der Waals surface area contributed by atoms with Crippen LogP contribution in [-0.4, -0.2) is 85.9 Å². The van der Waals surface area contributed by atoms with Crippen molar-refractivity contribution in [2.45, 2.75) is 57.5 Å². The number of aromatic nitrogens is 2. The second-order valence-electron chi connectivity index (χ2n) is 7.42. The van der Waals surface area contributed by atoms with Crippen molar-refractivity contribution in [3.8, 4) is 0 Å². The molecule has 1 rings (SSSR count). The normalized spacial score (nSPS) is 16.0. The molecule has 5 atom stereocenters. The van der Waals surface area contributed by atoms with Crippen molar-refractivity contribution in [1.29, 1.82) is 0 Å². The summed E-state index contributed by atoms with van der Waals surface area (Å²) in [5, 5.41) is 34.7. The second-order valence-corrected chi connectivity index (χ2v) is 7.42. The van der Waals surface area contributed by atoms with Gasteiger partial charge >= 0.3 is 5.97 Å². The molecule has 31 heavy (non-hydrogen) atoms. The zero-order valence-electron chi connectivity index (χ0n) is 17.5. The molecule has 0 spiro atoms. The Hall–Kier alpha value is -3.03. The fourth-order valence-corrected chi connectivity index (χ4v) is 2.55. The summed E-state index contributed by atoms with van der Waals surface area (Å²) in [5.41, 5.74) is 6.08. The summed E-state index contributed by atoms with van der Waals surface area (Å²) in [6, 6.07) is -5.12. The van der Waals surface area contributed by atoms with Crippen LogP contribution in [0, 0.1) is 5.92 Å². The number of hydrogen-bond donors (Lipinski definition) is 8. The van der Waals surface area contributed by atoms with Crippen LogP contribution in [0.4, 0.5) is 0 Å². The smallest absolute Gasteiger partial charge is 0.328 e. The summed E-state index contributed by atoms with van der Waals surface area (Å²) in [5.74, 6) is -4.15. The maximum absolute atomic E-state index is 12.8. The lowest BCUT2D eigenvalue weighted by Crippen LogP contribution is -2.60. The molecule has 1 aromatic rings. The lowest BCUT2D eigenvalue weighted by Gasteiger charge is -2.27. The Labute approximate surface area is 178 Å². The van der Waals surface area contributed by atoms with Crippen LogP contribution >= 0.6 is 0 Å². The van der Waals surface area contributed by atoms with E-state index in [0.29, 0.717) is 5.69 Å². The molecule has 0 aromatic carbocycles. The van der Waals surface area contributed by atoms with Crippen LogP contribution in [0.25, 0.3) is 0 Å². The van der Waals surface area contributed by atoms with Gasteiger partial charge in [0.2, 0.25) is 17.7 Å². The Morgan fingerprint density at radius 3 is 2.13 bits per heavy atom. The van der Waals surface area contributed by atoms with E-state index in [1.165, 1.54) is 19.4 Å². The minimum absolute atomic E-state index is 0.0543. The van der Waals surface area contributed by atoms with E-state index in [1.807, 2.05) is 0 Å². The minimum Gasteiger partial charge on any atom is -0.480 e. The van der Waals surface area contributed by atoms with E-state index in [1.54, 1.807) is 13.8 Å². The highest BCUT2D eigenvalue weighted by atomic mass is 16.4. The van der Waals surface area contributed by atoms with Crippen LogP contribution in [0.3, 0.4) is 0 Å². The molecule has 5 unspecified atom stereocenters. The van der Waals surface area contributed by atoms with Crippen molar-refractivity contribution in [1.82, 2.24) is 25.9 Å². The number of carboxylic acids is 1. The summed E-state index contributed by atoms with van der Waals surface area (Å²) in [6.07, 6.45) is 1.60. The van der Waals surface area contributed by atoms with Crippen LogP contribution < -0.4 is 21.7 Å². The van der Waals surface area contributed by atoms with Gasteiger partial charge in [-0.25, -0.2) is 9.78 Å². The molecule has 174 valence electrons. The number of carboxylic acid groups (broad SMARTS) is 1. The lowest BCUT2D eigenvalue weighted by molar-refractivity contribution is -0.143. The number of aromatic amines is 1. The van der Waals surface area contributed by atoms with Crippen molar-refractivity contribution in [3.63, 3.8) is 0 Å². The van der Waals surface area contributed by atoms with E-state index in [0.717, 1.165) is 0 Å². The van der Waals surface area contributed by atoms with Crippen LogP contribution in [-0.2, 0) is 25.6 Å². The molecule has 0 saturated heterocycles. The van der Waals surface area contributed by atoms with Gasteiger partial charge in [-0.2, -0.15) is 0 Å². The van der Waals surface area contributed by atoms with Crippen molar-refractivity contribution < 1.29 is 34.5 Å². The van der Waals surface area contributed by atoms with E-state index in [9.17, 15) is 24.3 Å². The zero-order chi connectivity index (χ0) is 23.7. The standard InChI is InChI=1S/C18H30N6O7/c1-8(2)14(24-16(28)13(19)9(3)26)17(29)22-11(4-10-5-20-7-21-10)15(27)23-12(6-25)18(30)31/h5,7-9,11-14,25-26H,4,6,19H2,1-3H3,(H,20,21)(H,22,29)(H,23,27)(H,24,28)(H,30,31). The summed E-state index contributed by atoms with van der Waals surface area (Å²) < 4.78 is 0. The average molecular weight is 442 g/mol. The van der Waals surface area contributed by atoms with E-state index >= 15 is 0 Å². The summed E-state index contributed by atoms with van der Waals surface area (Å²) >= 11 is 0. The summed E-state index contributed by atoms with van der Waals surface area (Å²) in [7, 11) is 0. The number of carbonyl (C=O) groups excluding carboxylic acids is 3. The monoisotopic (exact) mass is 442 g/mol.